The first kappa shape index (κ1) is 12.1. The second-order valence-electron chi connectivity index (χ2n) is 4.54. The molecular formula is C15H19NO. The highest BCUT2D eigenvalue weighted by molar-refractivity contribution is 5.82. The van der Waals surface area contributed by atoms with Gasteiger partial charge in [-0.1, -0.05) is 25.1 Å². The SMILES string of the molecule is CCC(O)CCc1cc(C)nc2ccccc12. The van der Waals surface area contributed by atoms with E-state index in [4.69, 9.17) is 0 Å². The second kappa shape index (κ2) is 5.28. The summed E-state index contributed by atoms with van der Waals surface area (Å²) >= 11 is 0. The van der Waals surface area contributed by atoms with Crippen LogP contribution in [-0.2, 0) is 6.42 Å². The molecule has 2 rings (SSSR count). The molecule has 0 aliphatic heterocycles. The minimum absolute atomic E-state index is 0.192. The van der Waals surface area contributed by atoms with Gasteiger partial charge in [-0.25, -0.2) is 0 Å². The summed E-state index contributed by atoms with van der Waals surface area (Å²) in [5.74, 6) is 0. The zero-order valence-corrected chi connectivity index (χ0v) is 10.5. The fourth-order valence-corrected chi connectivity index (χ4v) is 2.13. The number of aliphatic hydroxyl groups excluding tert-OH is 1. The molecule has 1 N–H and O–H groups in total. The van der Waals surface area contributed by atoms with E-state index in [0.717, 1.165) is 30.5 Å². The predicted molar refractivity (Wildman–Crippen MR) is 71.1 cm³/mol. The van der Waals surface area contributed by atoms with Crippen LogP contribution >= 0.6 is 0 Å². The molecule has 90 valence electrons. The first-order chi connectivity index (χ1) is 8.20. The molecule has 0 aliphatic rings. The lowest BCUT2D eigenvalue weighted by molar-refractivity contribution is 0.161. The van der Waals surface area contributed by atoms with E-state index in [2.05, 4.69) is 17.1 Å². The van der Waals surface area contributed by atoms with Gasteiger partial charge in [0.25, 0.3) is 0 Å². The van der Waals surface area contributed by atoms with E-state index in [1.165, 1.54) is 10.9 Å². The van der Waals surface area contributed by atoms with Gasteiger partial charge in [-0.05, 0) is 43.9 Å². The van der Waals surface area contributed by atoms with Gasteiger partial charge in [-0.15, -0.1) is 0 Å². The van der Waals surface area contributed by atoms with Crippen molar-refractivity contribution < 1.29 is 5.11 Å². The van der Waals surface area contributed by atoms with Crippen LogP contribution in [0.5, 0.6) is 0 Å². The Balaban J connectivity index is 2.32. The highest BCUT2D eigenvalue weighted by Crippen LogP contribution is 2.20. The van der Waals surface area contributed by atoms with Crippen molar-refractivity contribution in [1.82, 2.24) is 4.98 Å². The Morgan fingerprint density at radius 1 is 1.29 bits per heavy atom. The first-order valence-electron chi connectivity index (χ1n) is 6.24. The molecule has 0 saturated carbocycles. The van der Waals surface area contributed by atoms with Gasteiger partial charge in [0.05, 0.1) is 11.6 Å². The van der Waals surface area contributed by atoms with Gasteiger partial charge in [0, 0.05) is 11.1 Å². The Morgan fingerprint density at radius 2 is 2.06 bits per heavy atom. The normalized spacial score (nSPS) is 12.9. The van der Waals surface area contributed by atoms with Crippen LogP contribution in [0.25, 0.3) is 10.9 Å². The zero-order chi connectivity index (χ0) is 12.3. The van der Waals surface area contributed by atoms with E-state index in [1.54, 1.807) is 0 Å². The fraction of sp³-hybridized carbons (Fsp3) is 0.400. The van der Waals surface area contributed by atoms with Crippen molar-refractivity contribution in [2.45, 2.75) is 39.2 Å². The topological polar surface area (TPSA) is 33.1 Å². The molecule has 0 radical (unpaired) electrons. The molecule has 0 fully saturated rings. The largest absolute Gasteiger partial charge is 0.393 e. The first-order valence-corrected chi connectivity index (χ1v) is 6.24. The quantitative estimate of drug-likeness (QED) is 0.873. The van der Waals surface area contributed by atoms with Crippen LogP contribution in [0.4, 0.5) is 0 Å². The number of hydrogen-bond donors (Lipinski definition) is 1. The van der Waals surface area contributed by atoms with E-state index < -0.39 is 0 Å². The molecular weight excluding hydrogens is 210 g/mol. The summed E-state index contributed by atoms with van der Waals surface area (Å²) in [5, 5.41) is 10.9. The maximum atomic E-state index is 9.64. The smallest absolute Gasteiger partial charge is 0.0707 e. The van der Waals surface area contributed by atoms with Gasteiger partial charge in [0.2, 0.25) is 0 Å². The Hall–Kier alpha value is -1.41. The number of rotatable bonds is 4. The summed E-state index contributed by atoms with van der Waals surface area (Å²) < 4.78 is 0. The molecule has 2 nitrogen and oxygen atoms in total. The predicted octanol–water partition coefficient (Wildman–Crippen LogP) is 3.25. The van der Waals surface area contributed by atoms with Crippen molar-refractivity contribution in [2.24, 2.45) is 0 Å². The Morgan fingerprint density at radius 3 is 2.82 bits per heavy atom. The Bertz CT molecular complexity index is 507. The molecule has 17 heavy (non-hydrogen) atoms. The lowest BCUT2D eigenvalue weighted by Crippen LogP contribution is -2.06. The molecule has 0 spiro atoms. The van der Waals surface area contributed by atoms with Crippen LogP contribution in [0.1, 0.15) is 31.0 Å². The monoisotopic (exact) mass is 229 g/mol. The van der Waals surface area contributed by atoms with Crippen molar-refractivity contribution in [3.05, 3.63) is 41.6 Å². The number of aliphatic hydroxyl groups is 1. The molecule has 1 atom stereocenters. The third kappa shape index (κ3) is 2.83. The summed E-state index contributed by atoms with van der Waals surface area (Å²) in [7, 11) is 0. The number of pyridine rings is 1. The number of fused-ring (bicyclic) bond motifs is 1. The summed E-state index contributed by atoms with van der Waals surface area (Å²) in [6, 6.07) is 10.3. The number of aromatic nitrogens is 1. The maximum absolute atomic E-state index is 9.64. The summed E-state index contributed by atoms with van der Waals surface area (Å²) in [6.45, 7) is 4.03. The number of para-hydroxylation sites is 1. The number of aryl methyl sites for hydroxylation is 2. The average Bonchev–Trinajstić information content (AvgIpc) is 2.35. The van der Waals surface area contributed by atoms with Gasteiger partial charge < -0.3 is 5.11 Å². The molecule has 1 heterocycles. The molecule has 1 aromatic carbocycles. The number of benzene rings is 1. The van der Waals surface area contributed by atoms with Gasteiger partial charge >= 0.3 is 0 Å². The van der Waals surface area contributed by atoms with Crippen LogP contribution in [0.15, 0.2) is 30.3 Å². The Labute approximate surface area is 102 Å². The lowest BCUT2D eigenvalue weighted by atomic mass is 10.0. The van der Waals surface area contributed by atoms with E-state index in [1.807, 2.05) is 32.0 Å². The van der Waals surface area contributed by atoms with Crippen LogP contribution in [0.2, 0.25) is 0 Å². The minimum Gasteiger partial charge on any atom is -0.393 e. The van der Waals surface area contributed by atoms with E-state index in [0.29, 0.717) is 0 Å². The molecule has 0 saturated heterocycles. The van der Waals surface area contributed by atoms with Gasteiger partial charge in [-0.2, -0.15) is 0 Å². The van der Waals surface area contributed by atoms with Crippen LogP contribution < -0.4 is 0 Å². The highest BCUT2D eigenvalue weighted by Gasteiger charge is 2.06. The highest BCUT2D eigenvalue weighted by atomic mass is 16.3. The van der Waals surface area contributed by atoms with Gasteiger partial charge in [-0.3, -0.25) is 4.98 Å². The van der Waals surface area contributed by atoms with Crippen molar-refractivity contribution in [3.8, 4) is 0 Å². The number of nitrogens with zero attached hydrogens (tertiary/aromatic N) is 1. The third-order valence-corrected chi connectivity index (χ3v) is 3.15. The standard InChI is InChI=1S/C15H19NO/c1-3-13(17)9-8-12-10-11(2)16-15-7-5-4-6-14(12)15/h4-7,10,13,17H,3,8-9H2,1-2H3. The van der Waals surface area contributed by atoms with Crippen molar-refractivity contribution >= 4 is 10.9 Å². The van der Waals surface area contributed by atoms with Crippen molar-refractivity contribution in [3.63, 3.8) is 0 Å². The lowest BCUT2D eigenvalue weighted by Gasteiger charge is -2.10. The number of hydrogen-bond acceptors (Lipinski definition) is 2. The van der Waals surface area contributed by atoms with E-state index in [9.17, 15) is 5.11 Å². The molecule has 0 amide bonds. The van der Waals surface area contributed by atoms with Crippen molar-refractivity contribution in [2.75, 3.05) is 0 Å². The Kier molecular flexibility index (Phi) is 3.75. The summed E-state index contributed by atoms with van der Waals surface area (Å²) in [4.78, 5) is 4.52. The molecule has 1 aromatic heterocycles. The molecule has 0 aliphatic carbocycles. The fourth-order valence-electron chi connectivity index (χ4n) is 2.13. The maximum Gasteiger partial charge on any atom is 0.0707 e. The van der Waals surface area contributed by atoms with Crippen molar-refractivity contribution in [1.29, 1.82) is 0 Å². The van der Waals surface area contributed by atoms with Gasteiger partial charge in [0.15, 0.2) is 0 Å². The van der Waals surface area contributed by atoms with Crippen LogP contribution in [0, 0.1) is 6.92 Å². The molecule has 2 aromatic rings. The average molecular weight is 229 g/mol. The summed E-state index contributed by atoms with van der Waals surface area (Å²) in [6.07, 6.45) is 2.37. The molecule has 1 unspecified atom stereocenters. The van der Waals surface area contributed by atoms with E-state index in [-0.39, 0.29) is 6.10 Å². The van der Waals surface area contributed by atoms with Crippen LogP contribution in [-0.4, -0.2) is 16.2 Å². The van der Waals surface area contributed by atoms with Gasteiger partial charge in [0.1, 0.15) is 0 Å². The third-order valence-electron chi connectivity index (χ3n) is 3.15. The zero-order valence-electron chi connectivity index (χ0n) is 10.5. The second-order valence-corrected chi connectivity index (χ2v) is 4.54. The van der Waals surface area contributed by atoms with Crippen LogP contribution in [0.3, 0.4) is 0 Å². The van der Waals surface area contributed by atoms with E-state index >= 15 is 0 Å². The minimum atomic E-state index is -0.192. The molecule has 0 bridgehead atoms. The molecule has 2 heteroatoms. The summed E-state index contributed by atoms with van der Waals surface area (Å²) in [5.41, 5.74) is 3.39.